The summed E-state index contributed by atoms with van der Waals surface area (Å²) in [7, 11) is 0. The van der Waals surface area contributed by atoms with Gasteiger partial charge in [-0.15, -0.1) is 11.3 Å². The van der Waals surface area contributed by atoms with E-state index in [0.29, 0.717) is 24.3 Å². The molecule has 0 N–H and O–H groups in total. The first-order chi connectivity index (χ1) is 7.99. The van der Waals surface area contributed by atoms with Crippen LogP contribution in [0.3, 0.4) is 0 Å². The largest absolute Gasteiger partial charge is 0.288 e. The van der Waals surface area contributed by atoms with Gasteiger partial charge < -0.3 is 0 Å². The Kier molecular flexibility index (Phi) is 4.31. The molecule has 0 saturated heterocycles. The molecule has 2 rings (SSSR count). The summed E-state index contributed by atoms with van der Waals surface area (Å²) in [6.07, 6.45) is 0. The third kappa shape index (κ3) is 2.93. The zero-order chi connectivity index (χ0) is 12.6. The highest BCUT2D eigenvalue weighted by Crippen LogP contribution is 2.34. The fraction of sp³-hybridized carbons (Fsp3) is 0. The van der Waals surface area contributed by atoms with Crippen molar-refractivity contribution in [3.05, 3.63) is 53.0 Å². The normalized spacial score (nSPS) is 10.6. The molecule has 0 spiro atoms. The lowest BCUT2D eigenvalue weighted by molar-refractivity contribution is 0.104. The van der Waals surface area contributed by atoms with E-state index in [1.54, 1.807) is 24.3 Å². The van der Waals surface area contributed by atoms with E-state index < -0.39 is 0 Å². The summed E-state index contributed by atoms with van der Waals surface area (Å²) in [4.78, 5) is 12.8. The van der Waals surface area contributed by atoms with E-state index in [4.69, 9.17) is 23.2 Å². The number of benzene rings is 1. The van der Waals surface area contributed by atoms with Gasteiger partial charge in [-0.3, -0.25) is 4.79 Å². The molecule has 0 saturated carbocycles. The second kappa shape index (κ2) is 5.41. The first-order valence-corrected chi connectivity index (χ1v) is 7.59. The molecule has 17 heavy (non-hydrogen) atoms. The Labute approximate surface area is 129 Å². The molecule has 1 nitrogen and oxygen atoms in total. The molecule has 1 heterocycles. The van der Waals surface area contributed by atoms with Crippen LogP contribution in [-0.2, 0) is 0 Å². The fourth-order valence-electron chi connectivity index (χ4n) is 1.26. The molecule has 0 aliphatic heterocycles. The lowest BCUT2D eigenvalue weighted by Gasteiger charge is -2.02. The monoisotopic (exact) mass is 412 g/mol. The summed E-state index contributed by atoms with van der Waals surface area (Å²) in [6.45, 7) is 0. The van der Waals surface area contributed by atoms with Crippen LogP contribution in [-0.4, -0.2) is 5.78 Å². The SMILES string of the molecule is O=C(c1cc(Br)c(Cl)s1)c1cc(Cl)ccc1Br. The van der Waals surface area contributed by atoms with Crippen molar-refractivity contribution in [2.45, 2.75) is 0 Å². The van der Waals surface area contributed by atoms with Crippen LogP contribution in [0.15, 0.2) is 33.2 Å². The molecule has 0 aliphatic rings. The third-order valence-corrected chi connectivity index (χ3v) is 5.44. The molecule has 0 radical (unpaired) electrons. The summed E-state index contributed by atoms with van der Waals surface area (Å²) >= 11 is 19.6. The predicted octanol–water partition coefficient (Wildman–Crippen LogP) is 5.81. The van der Waals surface area contributed by atoms with Crippen LogP contribution < -0.4 is 0 Å². The van der Waals surface area contributed by atoms with Crippen molar-refractivity contribution < 1.29 is 4.79 Å². The summed E-state index contributed by atoms with van der Waals surface area (Å²) in [6, 6.07) is 6.82. The zero-order valence-corrected chi connectivity index (χ0v) is 13.6. The highest BCUT2D eigenvalue weighted by atomic mass is 79.9. The summed E-state index contributed by atoms with van der Waals surface area (Å²) in [5.41, 5.74) is 0.530. The van der Waals surface area contributed by atoms with E-state index in [2.05, 4.69) is 31.9 Å². The molecular formula is C11H4Br2Cl2OS. The van der Waals surface area contributed by atoms with Crippen LogP contribution in [0.1, 0.15) is 15.2 Å². The van der Waals surface area contributed by atoms with E-state index in [9.17, 15) is 4.79 Å². The van der Waals surface area contributed by atoms with Crippen molar-refractivity contribution in [3.8, 4) is 0 Å². The number of thiophene rings is 1. The standard InChI is InChI=1S/C11H4Br2Cl2OS/c12-7-2-1-5(14)3-6(7)10(16)9-4-8(13)11(15)17-9/h1-4H. The Hall–Kier alpha value is 0.130. The molecule has 88 valence electrons. The Morgan fingerprint density at radius 1 is 1.12 bits per heavy atom. The van der Waals surface area contributed by atoms with Gasteiger partial charge in [0.25, 0.3) is 0 Å². The number of rotatable bonds is 2. The quantitative estimate of drug-likeness (QED) is 0.566. The average Bonchev–Trinajstić information content (AvgIpc) is 2.62. The Bertz CT molecular complexity index is 576. The van der Waals surface area contributed by atoms with E-state index in [-0.39, 0.29) is 5.78 Å². The minimum absolute atomic E-state index is 0.100. The Morgan fingerprint density at radius 3 is 2.41 bits per heavy atom. The number of halogens is 4. The van der Waals surface area contributed by atoms with Gasteiger partial charge >= 0.3 is 0 Å². The predicted molar refractivity (Wildman–Crippen MR) is 79.6 cm³/mol. The average molecular weight is 415 g/mol. The maximum absolute atomic E-state index is 12.2. The van der Waals surface area contributed by atoms with Gasteiger partial charge in [0.05, 0.1) is 4.88 Å². The number of hydrogen-bond acceptors (Lipinski definition) is 2. The number of carbonyl (C=O) groups is 1. The van der Waals surface area contributed by atoms with Gasteiger partial charge in [0.15, 0.2) is 0 Å². The molecular weight excluding hydrogens is 411 g/mol. The van der Waals surface area contributed by atoms with Crippen LogP contribution in [0, 0.1) is 0 Å². The molecule has 6 heteroatoms. The second-order valence-corrected chi connectivity index (χ2v) is 6.98. The number of hydrogen-bond donors (Lipinski definition) is 0. The molecule has 1 aromatic heterocycles. The molecule has 0 amide bonds. The third-order valence-electron chi connectivity index (χ3n) is 2.04. The lowest BCUT2D eigenvalue weighted by atomic mass is 10.1. The first-order valence-electron chi connectivity index (χ1n) is 4.43. The van der Waals surface area contributed by atoms with Gasteiger partial charge in [-0.05, 0) is 40.2 Å². The van der Waals surface area contributed by atoms with E-state index in [0.717, 1.165) is 4.47 Å². The smallest absolute Gasteiger partial charge is 0.204 e. The maximum Gasteiger partial charge on any atom is 0.204 e. The lowest BCUT2D eigenvalue weighted by Crippen LogP contribution is -1.99. The minimum Gasteiger partial charge on any atom is -0.288 e. The number of ketones is 1. The van der Waals surface area contributed by atoms with Crippen LogP contribution in [0.2, 0.25) is 9.36 Å². The van der Waals surface area contributed by atoms with E-state index in [1.807, 2.05) is 0 Å². The Balaban J connectivity index is 2.47. The second-order valence-electron chi connectivity index (χ2n) is 3.19. The summed E-state index contributed by atoms with van der Waals surface area (Å²) in [5.74, 6) is -0.100. The van der Waals surface area contributed by atoms with Crippen molar-refractivity contribution >= 4 is 72.2 Å². The van der Waals surface area contributed by atoms with Crippen molar-refractivity contribution in [2.24, 2.45) is 0 Å². The molecule has 0 atom stereocenters. The zero-order valence-electron chi connectivity index (χ0n) is 8.14. The molecule has 0 aliphatic carbocycles. The molecule has 0 fully saturated rings. The number of carbonyl (C=O) groups excluding carboxylic acids is 1. The first kappa shape index (κ1) is 13.6. The van der Waals surface area contributed by atoms with Gasteiger partial charge in [0, 0.05) is 19.5 Å². The Morgan fingerprint density at radius 2 is 1.82 bits per heavy atom. The topological polar surface area (TPSA) is 17.1 Å². The van der Waals surface area contributed by atoms with Crippen molar-refractivity contribution in [3.63, 3.8) is 0 Å². The highest BCUT2D eigenvalue weighted by molar-refractivity contribution is 9.11. The maximum atomic E-state index is 12.2. The van der Waals surface area contributed by atoms with Crippen LogP contribution in [0.5, 0.6) is 0 Å². The summed E-state index contributed by atoms with van der Waals surface area (Å²) < 4.78 is 2.00. The molecule has 1 aromatic carbocycles. The van der Waals surface area contributed by atoms with Crippen LogP contribution in [0.4, 0.5) is 0 Å². The molecule has 0 bridgehead atoms. The van der Waals surface area contributed by atoms with Crippen LogP contribution in [0.25, 0.3) is 0 Å². The van der Waals surface area contributed by atoms with Crippen molar-refractivity contribution in [1.82, 2.24) is 0 Å². The van der Waals surface area contributed by atoms with Gasteiger partial charge in [-0.2, -0.15) is 0 Å². The van der Waals surface area contributed by atoms with E-state index >= 15 is 0 Å². The van der Waals surface area contributed by atoms with E-state index in [1.165, 1.54) is 11.3 Å². The van der Waals surface area contributed by atoms with Gasteiger partial charge in [-0.1, -0.05) is 39.1 Å². The van der Waals surface area contributed by atoms with Gasteiger partial charge in [0.1, 0.15) is 4.34 Å². The minimum atomic E-state index is -0.100. The van der Waals surface area contributed by atoms with Crippen molar-refractivity contribution in [1.29, 1.82) is 0 Å². The van der Waals surface area contributed by atoms with Gasteiger partial charge in [-0.25, -0.2) is 0 Å². The fourth-order valence-corrected chi connectivity index (χ4v) is 3.52. The molecule has 0 unspecified atom stereocenters. The van der Waals surface area contributed by atoms with Crippen molar-refractivity contribution in [2.75, 3.05) is 0 Å². The van der Waals surface area contributed by atoms with Crippen LogP contribution >= 0.6 is 66.4 Å². The summed E-state index contributed by atoms with van der Waals surface area (Å²) in [5, 5.41) is 0.526. The molecule has 2 aromatic rings. The van der Waals surface area contributed by atoms with Gasteiger partial charge in [0.2, 0.25) is 5.78 Å². The highest BCUT2D eigenvalue weighted by Gasteiger charge is 2.17.